The number of nitro benzene ring substituents is 1. The molecule has 3 rings (SSSR count). The van der Waals surface area contributed by atoms with Crippen molar-refractivity contribution in [2.75, 3.05) is 0 Å². The average molecular weight is 323 g/mol. The Morgan fingerprint density at radius 2 is 1.62 bits per heavy atom. The molecule has 1 saturated carbocycles. The highest BCUT2D eigenvalue weighted by Gasteiger charge is 2.28. The molecule has 0 saturated heterocycles. The van der Waals surface area contributed by atoms with Crippen LogP contribution in [0.25, 0.3) is 0 Å². The van der Waals surface area contributed by atoms with Crippen molar-refractivity contribution in [3.05, 3.63) is 75.8 Å². The van der Waals surface area contributed by atoms with Gasteiger partial charge in [-0.25, -0.2) is 0 Å². The quantitative estimate of drug-likeness (QED) is 0.495. The molecule has 3 nitrogen and oxygen atoms in total. The molecule has 0 radical (unpaired) electrons. The van der Waals surface area contributed by atoms with E-state index in [9.17, 15) is 10.1 Å². The van der Waals surface area contributed by atoms with E-state index in [-0.39, 0.29) is 10.6 Å². The van der Waals surface area contributed by atoms with E-state index in [4.69, 9.17) is 0 Å². The predicted molar refractivity (Wildman–Crippen MR) is 97.3 cm³/mol. The van der Waals surface area contributed by atoms with E-state index in [1.807, 2.05) is 12.1 Å². The maximum atomic E-state index is 10.8. The van der Waals surface area contributed by atoms with E-state index in [0.29, 0.717) is 11.8 Å². The van der Waals surface area contributed by atoms with Gasteiger partial charge < -0.3 is 0 Å². The molecule has 0 aromatic heterocycles. The van der Waals surface area contributed by atoms with Crippen molar-refractivity contribution in [2.24, 2.45) is 5.92 Å². The molecule has 1 aliphatic rings. The van der Waals surface area contributed by atoms with Gasteiger partial charge in [-0.2, -0.15) is 0 Å². The first-order valence-corrected chi connectivity index (χ1v) is 8.98. The molecule has 2 aromatic carbocycles. The van der Waals surface area contributed by atoms with Gasteiger partial charge in [-0.1, -0.05) is 49.4 Å². The molecule has 1 fully saturated rings. The monoisotopic (exact) mass is 323 g/mol. The van der Waals surface area contributed by atoms with Crippen LogP contribution in [0.15, 0.2) is 54.6 Å². The predicted octanol–water partition coefficient (Wildman–Crippen LogP) is 6.06. The summed E-state index contributed by atoms with van der Waals surface area (Å²) in [6, 6.07) is 18.0. The molecule has 0 heterocycles. The largest absolute Gasteiger partial charge is 0.269 e. The lowest BCUT2D eigenvalue weighted by Gasteiger charge is -2.34. The molecule has 0 bridgehead atoms. The summed E-state index contributed by atoms with van der Waals surface area (Å²) in [4.78, 5) is 10.5. The van der Waals surface area contributed by atoms with Gasteiger partial charge in [0.15, 0.2) is 0 Å². The highest BCUT2D eigenvalue weighted by atomic mass is 16.6. The second kappa shape index (κ2) is 7.61. The fourth-order valence-corrected chi connectivity index (χ4v) is 4.26. The molecule has 1 aliphatic carbocycles. The van der Waals surface area contributed by atoms with Gasteiger partial charge in [-0.3, -0.25) is 10.1 Å². The lowest BCUT2D eigenvalue weighted by atomic mass is 9.71. The number of nitrogens with zero attached hydrogens (tertiary/aromatic N) is 1. The van der Waals surface area contributed by atoms with Gasteiger partial charge in [-0.05, 0) is 61.0 Å². The van der Waals surface area contributed by atoms with Crippen molar-refractivity contribution >= 4 is 5.69 Å². The first-order chi connectivity index (χ1) is 11.7. The lowest BCUT2D eigenvalue weighted by molar-refractivity contribution is -0.384. The Morgan fingerprint density at radius 1 is 1.00 bits per heavy atom. The van der Waals surface area contributed by atoms with Crippen LogP contribution in [0.4, 0.5) is 5.69 Å². The molecular formula is C21H25NO2. The maximum Gasteiger partial charge on any atom is 0.269 e. The van der Waals surface area contributed by atoms with Crippen molar-refractivity contribution in [1.29, 1.82) is 0 Å². The standard InChI is InChI=1S/C21H25NO2/c1-2-21(18-6-4-3-5-7-18)19-10-8-16(9-11-19)17-12-14-20(15-13-17)22(23)24/h3-7,12-16,19,21H,2,8-11H2,1H3. The van der Waals surface area contributed by atoms with E-state index in [2.05, 4.69) is 37.3 Å². The summed E-state index contributed by atoms with van der Waals surface area (Å²) in [5.41, 5.74) is 2.91. The third-order valence-corrected chi connectivity index (χ3v) is 5.58. The molecule has 24 heavy (non-hydrogen) atoms. The zero-order chi connectivity index (χ0) is 16.9. The summed E-state index contributed by atoms with van der Waals surface area (Å²) >= 11 is 0. The van der Waals surface area contributed by atoms with Gasteiger partial charge in [-0.15, -0.1) is 0 Å². The maximum absolute atomic E-state index is 10.8. The SMILES string of the molecule is CCC(c1ccccc1)C1CCC(c2ccc([N+](=O)[O-])cc2)CC1. The molecule has 1 unspecified atom stereocenters. The summed E-state index contributed by atoms with van der Waals surface area (Å²) in [6.45, 7) is 2.29. The molecule has 0 aliphatic heterocycles. The van der Waals surface area contributed by atoms with Crippen LogP contribution in [0, 0.1) is 16.0 Å². The van der Waals surface area contributed by atoms with Crippen LogP contribution in [0.5, 0.6) is 0 Å². The van der Waals surface area contributed by atoms with E-state index in [0.717, 1.165) is 5.92 Å². The van der Waals surface area contributed by atoms with Gasteiger partial charge in [0.05, 0.1) is 4.92 Å². The minimum absolute atomic E-state index is 0.183. The van der Waals surface area contributed by atoms with Crippen molar-refractivity contribution in [1.82, 2.24) is 0 Å². The molecule has 1 atom stereocenters. The summed E-state index contributed by atoms with van der Waals surface area (Å²) in [7, 11) is 0. The molecule has 0 amide bonds. The van der Waals surface area contributed by atoms with E-state index in [1.165, 1.54) is 43.2 Å². The highest BCUT2D eigenvalue weighted by molar-refractivity contribution is 5.34. The number of hydrogen-bond acceptors (Lipinski definition) is 2. The Hall–Kier alpha value is -2.16. The second-order valence-electron chi connectivity index (χ2n) is 6.89. The summed E-state index contributed by atoms with van der Waals surface area (Å²) in [5.74, 6) is 1.96. The van der Waals surface area contributed by atoms with E-state index in [1.54, 1.807) is 12.1 Å². The Morgan fingerprint density at radius 3 is 2.17 bits per heavy atom. The second-order valence-corrected chi connectivity index (χ2v) is 6.89. The Bertz CT molecular complexity index is 658. The fourth-order valence-electron chi connectivity index (χ4n) is 4.26. The zero-order valence-electron chi connectivity index (χ0n) is 14.2. The van der Waals surface area contributed by atoms with Crippen LogP contribution < -0.4 is 0 Å². The number of benzene rings is 2. The molecule has 126 valence electrons. The lowest BCUT2D eigenvalue weighted by Crippen LogP contribution is -2.19. The fraction of sp³-hybridized carbons (Fsp3) is 0.429. The number of non-ortho nitro benzene ring substituents is 1. The van der Waals surface area contributed by atoms with Crippen molar-refractivity contribution in [3.8, 4) is 0 Å². The highest BCUT2D eigenvalue weighted by Crippen LogP contribution is 2.43. The molecule has 3 heteroatoms. The topological polar surface area (TPSA) is 43.1 Å². The van der Waals surface area contributed by atoms with Gasteiger partial charge in [0.2, 0.25) is 0 Å². The number of nitro groups is 1. The smallest absolute Gasteiger partial charge is 0.258 e. The number of hydrogen-bond donors (Lipinski definition) is 0. The summed E-state index contributed by atoms with van der Waals surface area (Å²) in [6.07, 6.45) is 6.05. The number of rotatable bonds is 5. The Kier molecular flexibility index (Phi) is 5.29. The Labute approximate surface area is 143 Å². The minimum Gasteiger partial charge on any atom is -0.258 e. The average Bonchev–Trinajstić information content (AvgIpc) is 2.64. The van der Waals surface area contributed by atoms with Crippen LogP contribution in [0.3, 0.4) is 0 Å². The van der Waals surface area contributed by atoms with Crippen LogP contribution >= 0.6 is 0 Å². The summed E-state index contributed by atoms with van der Waals surface area (Å²) in [5, 5.41) is 10.8. The van der Waals surface area contributed by atoms with Crippen molar-refractivity contribution in [3.63, 3.8) is 0 Å². The minimum atomic E-state index is -0.327. The molecule has 2 aromatic rings. The van der Waals surface area contributed by atoms with Crippen LogP contribution in [0.1, 0.15) is 62.0 Å². The van der Waals surface area contributed by atoms with E-state index >= 15 is 0 Å². The van der Waals surface area contributed by atoms with Gasteiger partial charge in [0.25, 0.3) is 5.69 Å². The first-order valence-electron chi connectivity index (χ1n) is 8.98. The van der Waals surface area contributed by atoms with E-state index < -0.39 is 0 Å². The molecule has 0 spiro atoms. The Balaban J connectivity index is 1.63. The molecular weight excluding hydrogens is 298 g/mol. The first kappa shape index (κ1) is 16.7. The third kappa shape index (κ3) is 3.66. The molecule has 0 N–H and O–H groups in total. The summed E-state index contributed by atoms with van der Waals surface area (Å²) < 4.78 is 0. The van der Waals surface area contributed by atoms with Crippen LogP contribution in [-0.4, -0.2) is 4.92 Å². The van der Waals surface area contributed by atoms with Gasteiger partial charge >= 0.3 is 0 Å². The van der Waals surface area contributed by atoms with Crippen LogP contribution in [-0.2, 0) is 0 Å². The van der Waals surface area contributed by atoms with Crippen molar-refractivity contribution in [2.45, 2.75) is 50.9 Å². The third-order valence-electron chi connectivity index (χ3n) is 5.58. The van der Waals surface area contributed by atoms with Gasteiger partial charge in [0.1, 0.15) is 0 Å². The van der Waals surface area contributed by atoms with Gasteiger partial charge in [0, 0.05) is 12.1 Å². The normalized spacial score (nSPS) is 22.0. The van der Waals surface area contributed by atoms with Crippen molar-refractivity contribution < 1.29 is 4.92 Å². The zero-order valence-corrected chi connectivity index (χ0v) is 14.2. The van der Waals surface area contributed by atoms with Crippen LogP contribution in [0.2, 0.25) is 0 Å².